The van der Waals surface area contributed by atoms with Crippen molar-refractivity contribution in [3.63, 3.8) is 0 Å². The van der Waals surface area contributed by atoms with Crippen molar-refractivity contribution in [1.29, 1.82) is 0 Å². The van der Waals surface area contributed by atoms with Gasteiger partial charge < -0.3 is 5.32 Å². The Morgan fingerprint density at radius 1 is 0.564 bits per heavy atom. The van der Waals surface area contributed by atoms with Crippen molar-refractivity contribution in [2.45, 2.75) is 38.0 Å². The molecular weight excluding hydrogens is 470 g/mol. The summed E-state index contributed by atoms with van der Waals surface area (Å²) in [5.74, 6) is 4.02. The molecule has 1 N–H and O–H groups in total. The minimum atomic E-state index is 0.305. The molecule has 0 radical (unpaired) electrons. The van der Waals surface area contributed by atoms with Crippen LogP contribution in [0.5, 0.6) is 0 Å². The van der Waals surface area contributed by atoms with Gasteiger partial charge in [-0.1, -0.05) is 104 Å². The Balaban J connectivity index is 1.11. The van der Waals surface area contributed by atoms with Crippen molar-refractivity contribution < 1.29 is 0 Å². The second-order valence-electron chi connectivity index (χ2n) is 12.6. The molecule has 4 aliphatic carbocycles. The maximum Gasteiger partial charge on any atom is 0.0463 e. The summed E-state index contributed by atoms with van der Waals surface area (Å²) >= 11 is 0. The van der Waals surface area contributed by atoms with Crippen LogP contribution in [-0.2, 0) is 5.41 Å². The third-order valence-electron chi connectivity index (χ3n) is 10.4. The van der Waals surface area contributed by atoms with Crippen LogP contribution in [0.3, 0.4) is 0 Å². The van der Waals surface area contributed by atoms with Crippen LogP contribution in [0.25, 0.3) is 33.0 Å². The average Bonchev–Trinajstić information content (AvgIpc) is 3.51. The smallest absolute Gasteiger partial charge is 0.0463 e. The second-order valence-corrected chi connectivity index (χ2v) is 12.6. The van der Waals surface area contributed by atoms with Gasteiger partial charge in [0, 0.05) is 16.9 Å². The Morgan fingerprint density at radius 2 is 1.28 bits per heavy atom. The molecule has 1 heteroatoms. The molecule has 5 aromatic carbocycles. The largest absolute Gasteiger partial charge is 0.355 e. The summed E-state index contributed by atoms with van der Waals surface area (Å²) in [6.45, 7) is 2.56. The Bertz CT molecular complexity index is 1660. The SMILES string of the molecule is CC1(c2ccc(-c3ccc(Nc4ccccc4-c4ccccc4)cc3)c3ccccc23)C[C@@H]2CC3CC2[C@H]3C1. The van der Waals surface area contributed by atoms with Crippen LogP contribution in [0.15, 0.2) is 115 Å². The molecule has 0 aromatic heterocycles. The van der Waals surface area contributed by atoms with Gasteiger partial charge in [-0.05, 0) is 106 Å². The molecule has 4 aliphatic rings. The minimum Gasteiger partial charge on any atom is -0.355 e. The zero-order valence-electron chi connectivity index (χ0n) is 22.6. The van der Waals surface area contributed by atoms with Gasteiger partial charge >= 0.3 is 0 Å². The van der Waals surface area contributed by atoms with E-state index in [0.717, 1.165) is 35.0 Å². The van der Waals surface area contributed by atoms with Crippen molar-refractivity contribution in [2.75, 3.05) is 5.32 Å². The molecule has 1 nitrogen and oxygen atoms in total. The van der Waals surface area contributed by atoms with E-state index in [-0.39, 0.29) is 0 Å². The van der Waals surface area contributed by atoms with Gasteiger partial charge in [-0.15, -0.1) is 0 Å². The first-order chi connectivity index (χ1) is 19.2. The molecule has 0 heterocycles. The first-order valence-corrected chi connectivity index (χ1v) is 14.7. The summed E-state index contributed by atoms with van der Waals surface area (Å²) in [5.41, 5.74) is 9.15. The van der Waals surface area contributed by atoms with Crippen molar-refractivity contribution in [3.05, 3.63) is 121 Å². The third kappa shape index (κ3) is 3.74. The molecule has 0 amide bonds. The number of benzene rings is 5. The molecule has 4 fully saturated rings. The van der Waals surface area contributed by atoms with Gasteiger partial charge in [0.15, 0.2) is 0 Å². The zero-order valence-corrected chi connectivity index (χ0v) is 22.6. The molecule has 192 valence electrons. The van der Waals surface area contributed by atoms with E-state index in [1.807, 2.05) is 0 Å². The lowest BCUT2D eigenvalue weighted by Crippen LogP contribution is -2.42. The van der Waals surface area contributed by atoms with E-state index >= 15 is 0 Å². The van der Waals surface area contributed by atoms with E-state index in [1.54, 1.807) is 5.56 Å². The number of hydrogen-bond donors (Lipinski definition) is 1. The maximum absolute atomic E-state index is 3.67. The number of hydrogen-bond acceptors (Lipinski definition) is 1. The Kier molecular flexibility index (Phi) is 5.24. The van der Waals surface area contributed by atoms with E-state index in [0.29, 0.717) is 5.41 Å². The van der Waals surface area contributed by atoms with Gasteiger partial charge in [-0.25, -0.2) is 0 Å². The summed E-state index contributed by atoms with van der Waals surface area (Å²) < 4.78 is 0. The topological polar surface area (TPSA) is 12.0 Å². The number of anilines is 2. The second kappa shape index (κ2) is 8.85. The lowest BCUT2D eigenvalue weighted by atomic mass is 9.56. The highest BCUT2D eigenvalue weighted by Gasteiger charge is 2.59. The van der Waals surface area contributed by atoms with Gasteiger partial charge in [0.25, 0.3) is 0 Å². The fourth-order valence-corrected chi connectivity index (χ4v) is 8.61. The highest BCUT2D eigenvalue weighted by atomic mass is 14.9. The van der Waals surface area contributed by atoms with Crippen LogP contribution < -0.4 is 5.32 Å². The molecule has 5 aromatic rings. The molecule has 3 unspecified atom stereocenters. The van der Waals surface area contributed by atoms with Crippen LogP contribution in [0.4, 0.5) is 11.4 Å². The van der Waals surface area contributed by atoms with E-state index in [1.165, 1.54) is 58.7 Å². The molecule has 4 saturated carbocycles. The molecule has 0 spiro atoms. The number of para-hydroxylation sites is 1. The lowest BCUT2D eigenvalue weighted by molar-refractivity contribution is 0.0545. The van der Waals surface area contributed by atoms with Crippen LogP contribution in [0.2, 0.25) is 0 Å². The van der Waals surface area contributed by atoms with Crippen LogP contribution in [0, 0.1) is 23.7 Å². The molecular formula is C38H35N. The predicted octanol–water partition coefficient (Wildman–Crippen LogP) is 10.2. The Hall–Kier alpha value is -3.84. The highest BCUT2D eigenvalue weighted by molar-refractivity contribution is 5.99. The summed E-state index contributed by atoms with van der Waals surface area (Å²) in [7, 11) is 0. The standard InChI is InChI=1S/C38H35N/c1-38(23-28-21-27-22-34(28)35(27)24-38)36-20-19-30(32-12-5-6-13-33(32)36)26-15-17-29(18-16-26)39-37-14-8-7-11-31(37)25-9-3-2-4-10-25/h2-20,27-28,34-35,39H,21-24H2,1H3/t27?,28-,34?,35-,38?/m0/s1. The van der Waals surface area contributed by atoms with Gasteiger partial charge in [-0.2, -0.15) is 0 Å². The van der Waals surface area contributed by atoms with Crippen LogP contribution >= 0.6 is 0 Å². The van der Waals surface area contributed by atoms with E-state index < -0.39 is 0 Å². The number of rotatable bonds is 5. The summed E-state index contributed by atoms with van der Waals surface area (Å²) in [6, 6.07) is 42.1. The molecule has 4 bridgehead atoms. The minimum absolute atomic E-state index is 0.305. The Morgan fingerprint density at radius 3 is 2.10 bits per heavy atom. The quantitative estimate of drug-likeness (QED) is 0.250. The molecule has 0 aliphatic heterocycles. The lowest BCUT2D eigenvalue weighted by Gasteiger charge is -2.49. The Labute approximate surface area is 231 Å². The van der Waals surface area contributed by atoms with Crippen molar-refractivity contribution >= 4 is 22.1 Å². The monoisotopic (exact) mass is 505 g/mol. The summed E-state index contributed by atoms with van der Waals surface area (Å²) in [5, 5.41) is 6.50. The predicted molar refractivity (Wildman–Crippen MR) is 164 cm³/mol. The van der Waals surface area contributed by atoms with Crippen molar-refractivity contribution in [1.82, 2.24) is 0 Å². The number of fused-ring (bicyclic) bond motifs is 1. The van der Waals surface area contributed by atoms with Crippen molar-refractivity contribution in [3.8, 4) is 22.3 Å². The van der Waals surface area contributed by atoms with Gasteiger partial charge in [-0.3, -0.25) is 0 Å². The van der Waals surface area contributed by atoms with Crippen LogP contribution in [-0.4, -0.2) is 0 Å². The van der Waals surface area contributed by atoms with Gasteiger partial charge in [0.05, 0.1) is 0 Å². The molecule has 39 heavy (non-hydrogen) atoms. The summed E-state index contributed by atoms with van der Waals surface area (Å²) in [4.78, 5) is 0. The van der Waals surface area contributed by atoms with Crippen LogP contribution in [0.1, 0.15) is 38.2 Å². The maximum atomic E-state index is 3.67. The molecule has 5 atom stereocenters. The zero-order chi connectivity index (χ0) is 26.0. The number of nitrogens with one attached hydrogen (secondary N) is 1. The van der Waals surface area contributed by atoms with E-state index in [9.17, 15) is 0 Å². The third-order valence-corrected chi connectivity index (χ3v) is 10.4. The van der Waals surface area contributed by atoms with Crippen molar-refractivity contribution in [2.24, 2.45) is 23.7 Å². The normalized spacial score (nSPS) is 26.8. The molecule has 0 saturated heterocycles. The average molecular weight is 506 g/mol. The highest BCUT2D eigenvalue weighted by Crippen LogP contribution is 2.67. The van der Waals surface area contributed by atoms with Gasteiger partial charge in [0.1, 0.15) is 0 Å². The van der Waals surface area contributed by atoms with E-state index in [2.05, 4.69) is 128 Å². The fourth-order valence-electron chi connectivity index (χ4n) is 8.61. The first kappa shape index (κ1) is 23.1. The fraction of sp³-hybridized carbons (Fsp3) is 0.263. The first-order valence-electron chi connectivity index (χ1n) is 14.7. The van der Waals surface area contributed by atoms with Gasteiger partial charge in [0.2, 0.25) is 0 Å². The molecule has 9 rings (SSSR count). The van der Waals surface area contributed by atoms with E-state index in [4.69, 9.17) is 0 Å². The summed E-state index contributed by atoms with van der Waals surface area (Å²) in [6.07, 6.45) is 5.77.